The molecule has 0 bridgehead atoms. The summed E-state index contributed by atoms with van der Waals surface area (Å²) in [5.74, 6) is 4.03. The molecule has 0 saturated heterocycles. The van der Waals surface area contributed by atoms with Crippen molar-refractivity contribution in [3.63, 3.8) is 0 Å². The van der Waals surface area contributed by atoms with Crippen LogP contribution in [0.1, 0.15) is 53.4 Å². The maximum atomic E-state index is 10.7. The van der Waals surface area contributed by atoms with Crippen molar-refractivity contribution in [1.29, 1.82) is 0 Å². The van der Waals surface area contributed by atoms with Gasteiger partial charge in [-0.05, 0) is 61.2 Å². The Morgan fingerprint density at radius 1 is 1.00 bits per heavy atom. The summed E-state index contributed by atoms with van der Waals surface area (Å²) in [7, 11) is 0. The van der Waals surface area contributed by atoms with Crippen molar-refractivity contribution in [2.24, 2.45) is 35.0 Å². The third kappa shape index (κ3) is 1.27. The van der Waals surface area contributed by atoms with Gasteiger partial charge in [-0.25, -0.2) is 0 Å². The lowest BCUT2D eigenvalue weighted by molar-refractivity contribution is -0.0302. The Morgan fingerprint density at radius 2 is 1.69 bits per heavy atom. The molecule has 0 aromatic carbocycles. The van der Waals surface area contributed by atoms with Crippen LogP contribution in [0.2, 0.25) is 0 Å². The minimum absolute atomic E-state index is 0.376. The first-order valence-corrected chi connectivity index (χ1v) is 7.08. The average Bonchev–Trinajstić information content (AvgIpc) is 2.51. The Balaban J connectivity index is 1.94. The molecule has 1 N–H and O–H groups in total. The molecule has 0 aromatic heterocycles. The van der Waals surface area contributed by atoms with E-state index in [0.29, 0.717) is 11.3 Å². The van der Waals surface area contributed by atoms with Crippen LogP contribution in [0, 0.1) is 35.0 Å². The first-order valence-electron chi connectivity index (χ1n) is 7.08. The van der Waals surface area contributed by atoms with Gasteiger partial charge in [0.25, 0.3) is 0 Å². The molecule has 3 aliphatic carbocycles. The standard InChI is InChI=1S/C15H26O/c1-9-5-6-10-12(9)13-11(14(13,2)3)7-8-15(10,4)16/h9-13,16H,5-8H2,1-4H3/t9-,10+,11-,12-,13-,15-/m0/s1. The Morgan fingerprint density at radius 3 is 2.38 bits per heavy atom. The number of aliphatic hydroxyl groups is 1. The fourth-order valence-corrected chi connectivity index (χ4v) is 5.29. The highest BCUT2D eigenvalue weighted by Gasteiger charge is 2.66. The van der Waals surface area contributed by atoms with Crippen LogP contribution < -0.4 is 0 Å². The molecule has 6 atom stereocenters. The predicted molar refractivity (Wildman–Crippen MR) is 66.0 cm³/mol. The molecule has 0 radical (unpaired) electrons. The van der Waals surface area contributed by atoms with E-state index in [2.05, 4.69) is 27.7 Å². The lowest BCUT2D eigenvalue weighted by Crippen LogP contribution is -2.38. The van der Waals surface area contributed by atoms with Crippen LogP contribution in [-0.2, 0) is 0 Å². The third-order valence-electron chi connectivity index (χ3n) is 6.37. The summed E-state index contributed by atoms with van der Waals surface area (Å²) in [4.78, 5) is 0. The van der Waals surface area contributed by atoms with E-state index < -0.39 is 0 Å². The van der Waals surface area contributed by atoms with Gasteiger partial charge in [0.05, 0.1) is 5.60 Å². The molecule has 1 heteroatoms. The number of hydrogen-bond acceptors (Lipinski definition) is 1. The van der Waals surface area contributed by atoms with E-state index in [0.717, 1.165) is 30.1 Å². The second kappa shape index (κ2) is 3.04. The largest absolute Gasteiger partial charge is 0.390 e. The first kappa shape index (κ1) is 11.1. The Labute approximate surface area is 99.6 Å². The van der Waals surface area contributed by atoms with E-state index in [1.165, 1.54) is 19.3 Å². The second-order valence-corrected chi connectivity index (χ2v) is 7.59. The summed E-state index contributed by atoms with van der Waals surface area (Å²) in [5, 5.41) is 10.7. The second-order valence-electron chi connectivity index (χ2n) is 7.59. The molecule has 3 saturated carbocycles. The molecular formula is C15H26O. The Kier molecular flexibility index (Phi) is 2.11. The summed E-state index contributed by atoms with van der Waals surface area (Å²) >= 11 is 0. The van der Waals surface area contributed by atoms with Crippen LogP contribution in [0.15, 0.2) is 0 Å². The highest BCUT2D eigenvalue weighted by molar-refractivity contribution is 5.14. The van der Waals surface area contributed by atoms with Gasteiger partial charge in [-0.1, -0.05) is 27.2 Å². The number of rotatable bonds is 0. The summed E-state index contributed by atoms with van der Waals surface area (Å²) in [5.41, 5.74) is 0.191. The van der Waals surface area contributed by atoms with Crippen molar-refractivity contribution in [2.75, 3.05) is 0 Å². The van der Waals surface area contributed by atoms with Crippen molar-refractivity contribution in [2.45, 2.75) is 59.0 Å². The van der Waals surface area contributed by atoms with Crippen molar-refractivity contribution in [3.8, 4) is 0 Å². The Hall–Kier alpha value is -0.0400. The zero-order valence-electron chi connectivity index (χ0n) is 11.2. The normalized spacial score (nSPS) is 58.7. The maximum absolute atomic E-state index is 10.7. The van der Waals surface area contributed by atoms with Crippen LogP contribution in [0.5, 0.6) is 0 Å². The van der Waals surface area contributed by atoms with Gasteiger partial charge >= 0.3 is 0 Å². The van der Waals surface area contributed by atoms with Crippen molar-refractivity contribution >= 4 is 0 Å². The molecule has 3 aliphatic rings. The van der Waals surface area contributed by atoms with E-state index in [1.807, 2.05) is 0 Å². The molecule has 3 fully saturated rings. The van der Waals surface area contributed by atoms with Crippen LogP contribution in [-0.4, -0.2) is 10.7 Å². The molecule has 0 aromatic rings. The summed E-state index contributed by atoms with van der Waals surface area (Å²) < 4.78 is 0. The van der Waals surface area contributed by atoms with Crippen LogP contribution in [0.4, 0.5) is 0 Å². The number of fused-ring (bicyclic) bond motifs is 3. The first-order chi connectivity index (χ1) is 7.36. The fraction of sp³-hybridized carbons (Fsp3) is 1.00. The smallest absolute Gasteiger partial charge is 0.0650 e. The molecule has 3 rings (SSSR count). The lowest BCUT2D eigenvalue weighted by atomic mass is 9.74. The van der Waals surface area contributed by atoms with E-state index in [4.69, 9.17) is 0 Å². The van der Waals surface area contributed by atoms with Crippen molar-refractivity contribution in [3.05, 3.63) is 0 Å². The summed E-state index contributed by atoms with van der Waals surface area (Å²) in [6.45, 7) is 9.41. The zero-order valence-corrected chi connectivity index (χ0v) is 11.2. The fourth-order valence-electron chi connectivity index (χ4n) is 5.29. The van der Waals surface area contributed by atoms with Gasteiger partial charge in [-0.3, -0.25) is 0 Å². The van der Waals surface area contributed by atoms with Gasteiger partial charge in [0.1, 0.15) is 0 Å². The van der Waals surface area contributed by atoms with E-state index in [1.54, 1.807) is 0 Å². The lowest BCUT2D eigenvalue weighted by Gasteiger charge is -2.35. The molecule has 0 unspecified atom stereocenters. The van der Waals surface area contributed by atoms with E-state index >= 15 is 0 Å². The summed E-state index contributed by atoms with van der Waals surface area (Å²) in [6, 6.07) is 0. The minimum Gasteiger partial charge on any atom is -0.390 e. The number of hydrogen-bond donors (Lipinski definition) is 1. The molecule has 0 aliphatic heterocycles. The van der Waals surface area contributed by atoms with Crippen LogP contribution in [0.3, 0.4) is 0 Å². The van der Waals surface area contributed by atoms with Crippen LogP contribution >= 0.6 is 0 Å². The molecular weight excluding hydrogens is 196 g/mol. The van der Waals surface area contributed by atoms with Gasteiger partial charge in [0.2, 0.25) is 0 Å². The van der Waals surface area contributed by atoms with Crippen LogP contribution in [0.25, 0.3) is 0 Å². The highest BCUT2D eigenvalue weighted by atomic mass is 16.3. The maximum Gasteiger partial charge on any atom is 0.0650 e. The SMILES string of the molecule is C[C@H]1CC[C@@H]2[C@H]1[C@@H]1[C@H](CC[C@]2(C)O)C1(C)C. The molecule has 92 valence electrons. The molecule has 16 heavy (non-hydrogen) atoms. The quantitative estimate of drug-likeness (QED) is 0.665. The third-order valence-corrected chi connectivity index (χ3v) is 6.37. The highest BCUT2D eigenvalue weighted by Crippen LogP contribution is 2.71. The molecule has 0 amide bonds. The van der Waals surface area contributed by atoms with Gasteiger partial charge < -0.3 is 5.11 Å². The monoisotopic (exact) mass is 222 g/mol. The van der Waals surface area contributed by atoms with Crippen molar-refractivity contribution in [1.82, 2.24) is 0 Å². The van der Waals surface area contributed by atoms with E-state index in [-0.39, 0.29) is 5.60 Å². The molecule has 1 nitrogen and oxygen atoms in total. The average molecular weight is 222 g/mol. The topological polar surface area (TPSA) is 20.2 Å². The van der Waals surface area contributed by atoms with Gasteiger partial charge in [0.15, 0.2) is 0 Å². The Bertz CT molecular complexity index is 305. The predicted octanol–water partition coefficient (Wildman–Crippen LogP) is 3.47. The van der Waals surface area contributed by atoms with E-state index in [9.17, 15) is 5.11 Å². The molecule has 0 spiro atoms. The summed E-state index contributed by atoms with van der Waals surface area (Å²) in [6.07, 6.45) is 4.89. The van der Waals surface area contributed by atoms with Gasteiger partial charge in [-0.2, -0.15) is 0 Å². The van der Waals surface area contributed by atoms with Gasteiger partial charge in [-0.15, -0.1) is 0 Å². The zero-order chi connectivity index (χ0) is 11.7. The van der Waals surface area contributed by atoms with Gasteiger partial charge in [0, 0.05) is 0 Å². The minimum atomic E-state index is -0.376. The van der Waals surface area contributed by atoms with Crippen molar-refractivity contribution < 1.29 is 5.11 Å². The molecule has 0 heterocycles.